The molecule has 1 aromatic rings. The highest BCUT2D eigenvalue weighted by Crippen LogP contribution is 2.16. The number of benzene rings is 1. The van der Waals surface area contributed by atoms with Gasteiger partial charge in [-0.2, -0.15) is 0 Å². The SMILES string of the molecule is CN(C(=O)c1ccc(S(=O)(=O)NCC2CCCO2)cc1)C1CCNC1.Cl. The largest absolute Gasteiger partial charge is 0.377 e. The van der Waals surface area contributed by atoms with E-state index in [1.165, 1.54) is 12.1 Å². The Labute approximate surface area is 160 Å². The molecule has 0 radical (unpaired) electrons. The Morgan fingerprint density at radius 2 is 2.04 bits per heavy atom. The van der Waals surface area contributed by atoms with Crippen molar-refractivity contribution in [3.05, 3.63) is 29.8 Å². The van der Waals surface area contributed by atoms with Crippen molar-refractivity contribution >= 4 is 28.3 Å². The smallest absolute Gasteiger partial charge is 0.253 e. The van der Waals surface area contributed by atoms with E-state index in [1.54, 1.807) is 24.1 Å². The summed E-state index contributed by atoms with van der Waals surface area (Å²) in [5.74, 6) is -0.0926. The second-order valence-corrected chi connectivity index (χ2v) is 8.34. The van der Waals surface area contributed by atoms with Crippen LogP contribution >= 0.6 is 12.4 Å². The molecule has 0 bridgehead atoms. The molecule has 2 atom stereocenters. The van der Waals surface area contributed by atoms with E-state index in [0.717, 1.165) is 32.4 Å². The van der Waals surface area contributed by atoms with Crippen LogP contribution in [0.5, 0.6) is 0 Å². The Balaban J connectivity index is 0.00000243. The molecule has 2 fully saturated rings. The molecule has 3 rings (SSSR count). The number of halogens is 1. The zero-order valence-electron chi connectivity index (χ0n) is 14.8. The first-order valence-electron chi connectivity index (χ1n) is 8.66. The topological polar surface area (TPSA) is 87.7 Å². The molecular formula is C17H26ClN3O4S. The molecule has 0 aliphatic carbocycles. The Morgan fingerprint density at radius 3 is 2.62 bits per heavy atom. The van der Waals surface area contributed by atoms with Gasteiger partial charge in [-0.3, -0.25) is 4.79 Å². The van der Waals surface area contributed by atoms with Crippen LogP contribution in [-0.2, 0) is 14.8 Å². The maximum Gasteiger partial charge on any atom is 0.253 e. The maximum absolute atomic E-state index is 12.5. The van der Waals surface area contributed by atoms with Gasteiger partial charge in [0.15, 0.2) is 0 Å². The first kappa shape index (κ1) is 21.1. The van der Waals surface area contributed by atoms with E-state index in [0.29, 0.717) is 12.2 Å². The fraction of sp³-hybridized carbons (Fsp3) is 0.588. The molecule has 146 valence electrons. The van der Waals surface area contributed by atoms with Crippen LogP contribution in [0.2, 0.25) is 0 Å². The maximum atomic E-state index is 12.5. The Hall–Kier alpha value is -1.19. The summed E-state index contributed by atoms with van der Waals surface area (Å²) >= 11 is 0. The van der Waals surface area contributed by atoms with E-state index in [4.69, 9.17) is 4.74 Å². The lowest BCUT2D eigenvalue weighted by atomic mass is 10.1. The van der Waals surface area contributed by atoms with Crippen LogP contribution in [0.3, 0.4) is 0 Å². The molecule has 26 heavy (non-hydrogen) atoms. The summed E-state index contributed by atoms with van der Waals surface area (Å²) in [7, 11) is -1.81. The van der Waals surface area contributed by atoms with Gasteiger partial charge in [0.05, 0.1) is 11.0 Å². The average Bonchev–Trinajstić information content (AvgIpc) is 3.32. The minimum absolute atomic E-state index is 0. The third kappa shape index (κ3) is 4.95. The van der Waals surface area contributed by atoms with Gasteiger partial charge in [0, 0.05) is 38.3 Å². The summed E-state index contributed by atoms with van der Waals surface area (Å²) in [5, 5.41) is 3.23. The van der Waals surface area contributed by atoms with Crippen molar-refractivity contribution in [3.63, 3.8) is 0 Å². The predicted molar refractivity (Wildman–Crippen MR) is 101 cm³/mol. The van der Waals surface area contributed by atoms with Gasteiger partial charge in [0.1, 0.15) is 0 Å². The number of carbonyl (C=O) groups excluding carboxylic acids is 1. The van der Waals surface area contributed by atoms with Crippen molar-refractivity contribution in [1.82, 2.24) is 14.9 Å². The monoisotopic (exact) mass is 403 g/mol. The van der Waals surface area contributed by atoms with Crippen LogP contribution in [0, 0.1) is 0 Å². The third-order valence-electron chi connectivity index (χ3n) is 4.84. The summed E-state index contributed by atoms with van der Waals surface area (Å²) in [6.07, 6.45) is 2.72. The summed E-state index contributed by atoms with van der Waals surface area (Å²) < 4.78 is 32.7. The number of hydrogen-bond acceptors (Lipinski definition) is 5. The van der Waals surface area contributed by atoms with Gasteiger partial charge in [0.2, 0.25) is 10.0 Å². The van der Waals surface area contributed by atoms with E-state index in [2.05, 4.69) is 10.0 Å². The van der Waals surface area contributed by atoms with Crippen molar-refractivity contribution in [1.29, 1.82) is 0 Å². The lowest BCUT2D eigenvalue weighted by Gasteiger charge is -2.23. The third-order valence-corrected chi connectivity index (χ3v) is 6.28. The van der Waals surface area contributed by atoms with Crippen molar-refractivity contribution < 1.29 is 17.9 Å². The number of nitrogens with zero attached hydrogens (tertiary/aromatic N) is 1. The van der Waals surface area contributed by atoms with Gasteiger partial charge >= 0.3 is 0 Å². The number of ether oxygens (including phenoxy) is 1. The molecule has 2 heterocycles. The zero-order chi connectivity index (χ0) is 17.9. The van der Waals surface area contributed by atoms with Gasteiger partial charge in [-0.1, -0.05) is 0 Å². The van der Waals surface area contributed by atoms with Gasteiger partial charge in [-0.05, 0) is 50.1 Å². The van der Waals surface area contributed by atoms with E-state index >= 15 is 0 Å². The highest BCUT2D eigenvalue weighted by molar-refractivity contribution is 7.89. The highest BCUT2D eigenvalue weighted by Gasteiger charge is 2.25. The highest BCUT2D eigenvalue weighted by atomic mass is 35.5. The standard InChI is InChI=1S/C17H25N3O4S.ClH/c1-20(14-8-9-18-11-14)17(21)13-4-6-16(7-5-13)25(22,23)19-12-15-3-2-10-24-15;/h4-7,14-15,18-19H,2-3,8-12H2,1H3;1H. The number of sulfonamides is 1. The van der Waals surface area contributed by atoms with Crippen LogP contribution in [0.25, 0.3) is 0 Å². The molecule has 2 aliphatic rings. The fourth-order valence-electron chi connectivity index (χ4n) is 3.21. The number of amides is 1. The molecule has 2 N–H and O–H groups in total. The Bertz CT molecular complexity index is 699. The van der Waals surface area contributed by atoms with Crippen LogP contribution in [0.15, 0.2) is 29.2 Å². The predicted octanol–water partition coefficient (Wildman–Crippen LogP) is 1.000. The van der Waals surface area contributed by atoms with Gasteiger partial charge < -0.3 is 15.0 Å². The van der Waals surface area contributed by atoms with Crippen molar-refractivity contribution in [2.75, 3.05) is 33.3 Å². The molecular weight excluding hydrogens is 378 g/mol. The van der Waals surface area contributed by atoms with E-state index in [9.17, 15) is 13.2 Å². The number of hydrogen-bond donors (Lipinski definition) is 2. The van der Waals surface area contributed by atoms with Crippen LogP contribution in [-0.4, -0.2) is 64.7 Å². The van der Waals surface area contributed by atoms with Crippen LogP contribution < -0.4 is 10.0 Å². The summed E-state index contributed by atoms with van der Waals surface area (Å²) in [6, 6.07) is 6.28. The van der Waals surface area contributed by atoms with E-state index < -0.39 is 10.0 Å². The number of likely N-dealkylation sites (N-methyl/N-ethyl adjacent to an activating group) is 1. The number of carbonyl (C=O) groups is 1. The molecule has 7 nitrogen and oxygen atoms in total. The van der Waals surface area contributed by atoms with Gasteiger partial charge in [-0.15, -0.1) is 12.4 Å². The molecule has 1 aromatic carbocycles. The lowest BCUT2D eigenvalue weighted by molar-refractivity contribution is 0.0743. The number of rotatable bonds is 6. The molecule has 1 amide bonds. The second kappa shape index (κ2) is 9.14. The molecule has 9 heteroatoms. The van der Waals surface area contributed by atoms with Crippen LogP contribution in [0.1, 0.15) is 29.6 Å². The molecule has 0 aromatic heterocycles. The first-order chi connectivity index (χ1) is 12.0. The zero-order valence-corrected chi connectivity index (χ0v) is 16.4. The summed E-state index contributed by atoms with van der Waals surface area (Å²) in [4.78, 5) is 14.4. The van der Waals surface area contributed by atoms with E-state index in [-0.39, 0.29) is 41.9 Å². The fourth-order valence-corrected chi connectivity index (χ4v) is 4.27. The molecule has 0 spiro atoms. The van der Waals surface area contributed by atoms with E-state index in [1.807, 2.05) is 0 Å². The van der Waals surface area contributed by atoms with Crippen LogP contribution in [0.4, 0.5) is 0 Å². The lowest BCUT2D eigenvalue weighted by Crippen LogP contribution is -2.38. The second-order valence-electron chi connectivity index (χ2n) is 6.57. The minimum Gasteiger partial charge on any atom is -0.377 e. The van der Waals surface area contributed by atoms with Crippen molar-refractivity contribution in [3.8, 4) is 0 Å². The molecule has 2 unspecified atom stereocenters. The normalized spacial score (nSPS) is 22.8. The molecule has 2 saturated heterocycles. The Morgan fingerprint density at radius 1 is 1.31 bits per heavy atom. The number of nitrogens with one attached hydrogen (secondary N) is 2. The van der Waals surface area contributed by atoms with Crippen molar-refractivity contribution in [2.24, 2.45) is 0 Å². The van der Waals surface area contributed by atoms with Crippen molar-refractivity contribution in [2.45, 2.75) is 36.3 Å². The molecule has 2 aliphatic heterocycles. The quantitative estimate of drug-likeness (QED) is 0.739. The van der Waals surface area contributed by atoms with Gasteiger partial charge in [0.25, 0.3) is 5.91 Å². The summed E-state index contributed by atoms with van der Waals surface area (Å²) in [6.45, 7) is 2.67. The summed E-state index contributed by atoms with van der Waals surface area (Å²) in [5.41, 5.74) is 0.493. The molecule has 0 saturated carbocycles. The van der Waals surface area contributed by atoms with Gasteiger partial charge in [-0.25, -0.2) is 13.1 Å². The first-order valence-corrected chi connectivity index (χ1v) is 10.1. The minimum atomic E-state index is -3.59. The average molecular weight is 404 g/mol. The Kier molecular flexibility index (Phi) is 7.42.